The number of pyridine rings is 1. The Balaban J connectivity index is 1.57. The largest absolute Gasteiger partial charge is 0.481 e. The van der Waals surface area contributed by atoms with E-state index in [0.717, 1.165) is 16.6 Å². The number of aliphatic hydroxyl groups excluding tert-OH is 1. The van der Waals surface area contributed by atoms with Gasteiger partial charge in [-0.05, 0) is 42.7 Å². The number of carboxylic acids is 1. The molecule has 0 aliphatic carbocycles. The first-order valence-corrected chi connectivity index (χ1v) is 9.69. The Morgan fingerprint density at radius 3 is 2.66 bits per heavy atom. The number of piperidine rings is 1. The number of rotatable bonds is 5. The Bertz CT molecular complexity index is 1020. The van der Waals surface area contributed by atoms with Crippen LogP contribution in [0.5, 0.6) is 0 Å². The molecule has 0 radical (unpaired) electrons. The molecule has 1 aliphatic heterocycles. The molecule has 0 saturated carbocycles. The number of nitrogens with zero attached hydrogens (tertiary/aromatic N) is 2. The van der Waals surface area contributed by atoms with Gasteiger partial charge in [0.1, 0.15) is 11.2 Å². The van der Waals surface area contributed by atoms with Gasteiger partial charge in [-0.2, -0.15) is 0 Å². The molecule has 0 spiro atoms. The van der Waals surface area contributed by atoms with Crippen LogP contribution in [0, 0.1) is 11.2 Å². The summed E-state index contributed by atoms with van der Waals surface area (Å²) in [5.41, 5.74) is 1.12. The quantitative estimate of drug-likeness (QED) is 0.695. The number of carboxylic acid groups (broad SMARTS) is 1. The van der Waals surface area contributed by atoms with Gasteiger partial charge in [0.15, 0.2) is 0 Å². The smallest absolute Gasteiger partial charge is 0.313 e. The van der Waals surface area contributed by atoms with E-state index in [9.17, 15) is 19.4 Å². The molecule has 4 rings (SSSR count). The Labute approximate surface area is 168 Å². The predicted molar refractivity (Wildman–Crippen MR) is 108 cm³/mol. The molecule has 2 aromatic carbocycles. The van der Waals surface area contributed by atoms with Crippen LogP contribution >= 0.6 is 0 Å². The minimum Gasteiger partial charge on any atom is -0.481 e. The van der Waals surface area contributed by atoms with Crippen LogP contribution in [0.25, 0.3) is 10.9 Å². The monoisotopic (exact) mass is 394 g/mol. The topological polar surface area (TPSA) is 73.7 Å². The normalized spacial score (nSPS) is 22.6. The lowest BCUT2D eigenvalue weighted by atomic mass is 9.73. The molecule has 2 N–H and O–H groups in total. The van der Waals surface area contributed by atoms with Crippen LogP contribution in [0.1, 0.15) is 17.7 Å². The molecule has 29 heavy (non-hydrogen) atoms. The highest BCUT2D eigenvalue weighted by molar-refractivity contribution is 5.78. The molecule has 0 amide bonds. The van der Waals surface area contributed by atoms with E-state index in [1.54, 1.807) is 12.1 Å². The Morgan fingerprint density at radius 1 is 1.14 bits per heavy atom. The van der Waals surface area contributed by atoms with E-state index in [1.807, 2.05) is 41.3 Å². The maximum atomic E-state index is 13.2. The Kier molecular flexibility index (Phi) is 5.30. The number of benzene rings is 2. The first kappa shape index (κ1) is 19.5. The lowest BCUT2D eigenvalue weighted by Gasteiger charge is -2.43. The van der Waals surface area contributed by atoms with Crippen LogP contribution < -0.4 is 0 Å². The highest BCUT2D eigenvalue weighted by Crippen LogP contribution is 2.35. The Hall–Kier alpha value is -2.83. The van der Waals surface area contributed by atoms with E-state index in [0.29, 0.717) is 25.1 Å². The van der Waals surface area contributed by atoms with Gasteiger partial charge in [-0.1, -0.05) is 36.4 Å². The second kappa shape index (κ2) is 7.89. The Morgan fingerprint density at radius 2 is 1.90 bits per heavy atom. The van der Waals surface area contributed by atoms with Crippen molar-refractivity contribution in [2.75, 3.05) is 13.1 Å². The fraction of sp³-hybridized carbons (Fsp3) is 0.304. The average Bonchev–Trinajstić information content (AvgIpc) is 2.72. The molecule has 0 bridgehead atoms. The van der Waals surface area contributed by atoms with Crippen molar-refractivity contribution < 1.29 is 19.4 Å². The number of aliphatic carboxylic acids is 1. The van der Waals surface area contributed by atoms with Gasteiger partial charge in [0.25, 0.3) is 0 Å². The zero-order valence-electron chi connectivity index (χ0n) is 16.0. The third-order valence-corrected chi connectivity index (χ3v) is 5.76. The van der Waals surface area contributed by atoms with E-state index >= 15 is 0 Å². The highest BCUT2D eigenvalue weighted by Gasteiger charge is 2.49. The van der Waals surface area contributed by atoms with Crippen molar-refractivity contribution in [3.8, 4) is 0 Å². The van der Waals surface area contributed by atoms with Gasteiger partial charge in [-0.3, -0.25) is 14.7 Å². The van der Waals surface area contributed by atoms with Crippen LogP contribution in [-0.4, -0.2) is 45.3 Å². The minimum atomic E-state index is -1.34. The van der Waals surface area contributed by atoms with Gasteiger partial charge in [-0.15, -0.1) is 0 Å². The third-order valence-electron chi connectivity index (χ3n) is 5.76. The summed E-state index contributed by atoms with van der Waals surface area (Å²) in [6, 6.07) is 17.6. The van der Waals surface area contributed by atoms with Crippen molar-refractivity contribution in [3.05, 3.63) is 77.7 Å². The molecular formula is C23H23FN2O3. The molecule has 6 heteroatoms. The van der Waals surface area contributed by atoms with Gasteiger partial charge in [0.05, 0.1) is 17.3 Å². The lowest BCUT2D eigenvalue weighted by molar-refractivity contribution is -0.163. The summed E-state index contributed by atoms with van der Waals surface area (Å²) in [5, 5.41) is 21.7. The molecule has 0 unspecified atom stereocenters. The number of fused-ring (bicyclic) bond motifs is 1. The maximum Gasteiger partial charge on any atom is 0.313 e. The third kappa shape index (κ3) is 3.99. The van der Waals surface area contributed by atoms with Crippen molar-refractivity contribution in [2.24, 2.45) is 5.41 Å². The van der Waals surface area contributed by atoms with Crippen LogP contribution in [0.3, 0.4) is 0 Å². The average molecular weight is 394 g/mol. The first-order chi connectivity index (χ1) is 14.0. The summed E-state index contributed by atoms with van der Waals surface area (Å²) in [7, 11) is 0. The van der Waals surface area contributed by atoms with Crippen molar-refractivity contribution in [2.45, 2.75) is 25.5 Å². The number of para-hydroxylation sites is 1. The maximum absolute atomic E-state index is 13.2. The molecule has 3 aromatic rings. The van der Waals surface area contributed by atoms with E-state index < -0.39 is 17.5 Å². The molecule has 1 aromatic heterocycles. The second-order valence-corrected chi connectivity index (χ2v) is 7.77. The molecule has 2 atom stereocenters. The van der Waals surface area contributed by atoms with Gasteiger partial charge in [0.2, 0.25) is 0 Å². The van der Waals surface area contributed by atoms with Crippen molar-refractivity contribution in [1.82, 2.24) is 9.88 Å². The summed E-state index contributed by atoms with van der Waals surface area (Å²) in [4.78, 5) is 19.0. The summed E-state index contributed by atoms with van der Waals surface area (Å²) in [6.45, 7) is 1.31. The highest BCUT2D eigenvalue weighted by atomic mass is 19.1. The number of likely N-dealkylation sites (tertiary alicyclic amines) is 1. The number of hydrogen-bond acceptors (Lipinski definition) is 4. The molecule has 2 heterocycles. The van der Waals surface area contributed by atoms with Crippen molar-refractivity contribution in [3.63, 3.8) is 0 Å². The molecule has 5 nitrogen and oxygen atoms in total. The van der Waals surface area contributed by atoms with Gasteiger partial charge >= 0.3 is 5.97 Å². The number of aromatic nitrogens is 1. The van der Waals surface area contributed by atoms with Gasteiger partial charge in [-0.25, -0.2) is 4.39 Å². The van der Waals surface area contributed by atoms with Crippen LogP contribution in [0.4, 0.5) is 4.39 Å². The van der Waals surface area contributed by atoms with Crippen molar-refractivity contribution >= 4 is 16.9 Å². The van der Waals surface area contributed by atoms with E-state index in [2.05, 4.69) is 4.98 Å². The summed E-state index contributed by atoms with van der Waals surface area (Å²) < 4.78 is 13.2. The minimum absolute atomic E-state index is 0.144. The summed E-state index contributed by atoms with van der Waals surface area (Å²) in [6.07, 6.45) is -0.460. The lowest BCUT2D eigenvalue weighted by Crippen LogP contribution is -2.56. The summed E-state index contributed by atoms with van der Waals surface area (Å²) in [5.74, 6) is -1.41. The van der Waals surface area contributed by atoms with Crippen molar-refractivity contribution in [1.29, 1.82) is 0 Å². The zero-order chi connectivity index (χ0) is 20.4. The first-order valence-electron chi connectivity index (χ1n) is 9.69. The number of carbonyl (C=O) groups is 1. The standard InChI is InChI=1S/C23H23FN2O3/c24-18-8-5-16(6-9-18)13-23(22(28)29)15-26(12-11-21(23)27)14-19-10-7-17-3-1-2-4-20(17)25-19/h1-10,21,27H,11-15H2,(H,28,29)/t21-,23+/m0/s1. The molecule has 150 valence electrons. The van der Waals surface area contributed by atoms with Gasteiger partial charge in [0, 0.05) is 25.0 Å². The van der Waals surface area contributed by atoms with E-state index in [-0.39, 0.29) is 18.8 Å². The predicted octanol–water partition coefficient (Wildman–Crippen LogP) is 3.25. The molecular weight excluding hydrogens is 371 g/mol. The van der Waals surface area contributed by atoms with Crippen LogP contribution in [0.15, 0.2) is 60.7 Å². The zero-order valence-corrected chi connectivity index (χ0v) is 16.0. The SMILES string of the molecule is O=C(O)[C@]1(Cc2ccc(F)cc2)CN(Cc2ccc3ccccc3n2)CC[C@@H]1O. The van der Waals surface area contributed by atoms with Crippen LogP contribution in [0.2, 0.25) is 0 Å². The molecule has 1 saturated heterocycles. The number of aliphatic hydroxyl groups is 1. The molecule has 1 fully saturated rings. The fourth-order valence-electron chi connectivity index (χ4n) is 4.15. The number of halogens is 1. The summed E-state index contributed by atoms with van der Waals surface area (Å²) >= 11 is 0. The number of hydrogen-bond donors (Lipinski definition) is 2. The van der Waals surface area contributed by atoms with E-state index in [1.165, 1.54) is 12.1 Å². The van der Waals surface area contributed by atoms with Crippen LogP contribution in [-0.2, 0) is 17.8 Å². The second-order valence-electron chi connectivity index (χ2n) is 7.77. The van der Waals surface area contributed by atoms with E-state index in [4.69, 9.17) is 0 Å². The fourth-order valence-corrected chi connectivity index (χ4v) is 4.15. The van der Waals surface area contributed by atoms with Gasteiger partial charge < -0.3 is 10.2 Å². The molecule has 1 aliphatic rings.